The van der Waals surface area contributed by atoms with Gasteiger partial charge in [-0.15, -0.1) is 11.8 Å². The first-order chi connectivity index (χ1) is 7.09. The summed E-state index contributed by atoms with van der Waals surface area (Å²) in [5.74, 6) is -1.16. The van der Waals surface area contributed by atoms with E-state index in [0.29, 0.717) is 11.3 Å². The van der Waals surface area contributed by atoms with Crippen molar-refractivity contribution in [2.24, 2.45) is 0 Å². The van der Waals surface area contributed by atoms with Gasteiger partial charge in [0.2, 0.25) is 0 Å². The molecule has 2 rings (SSSR count). The Balaban J connectivity index is 2.59. The van der Waals surface area contributed by atoms with E-state index in [1.54, 1.807) is 6.07 Å². The van der Waals surface area contributed by atoms with E-state index in [9.17, 15) is 9.18 Å². The van der Waals surface area contributed by atoms with Crippen molar-refractivity contribution >= 4 is 34.4 Å². The molecule has 5 heteroatoms. The molecule has 0 radical (unpaired) electrons. The SMILES string of the molecule is O=C(O)C1=C(Cl)c2cc(F)ccc2SC1. The largest absolute Gasteiger partial charge is 0.478 e. The lowest BCUT2D eigenvalue weighted by Gasteiger charge is -2.16. The molecule has 0 amide bonds. The van der Waals surface area contributed by atoms with Gasteiger partial charge in [-0.05, 0) is 18.2 Å². The van der Waals surface area contributed by atoms with Gasteiger partial charge in [-0.2, -0.15) is 0 Å². The highest BCUT2D eigenvalue weighted by Gasteiger charge is 2.22. The van der Waals surface area contributed by atoms with E-state index in [1.165, 1.54) is 23.9 Å². The number of halogens is 2. The van der Waals surface area contributed by atoms with Gasteiger partial charge in [0.25, 0.3) is 0 Å². The first-order valence-electron chi connectivity index (χ1n) is 4.14. The zero-order chi connectivity index (χ0) is 11.0. The Bertz CT molecular complexity index is 470. The Morgan fingerprint density at radius 1 is 1.53 bits per heavy atom. The average molecular weight is 245 g/mol. The molecule has 0 aliphatic carbocycles. The maximum absolute atomic E-state index is 13.0. The fourth-order valence-corrected chi connectivity index (χ4v) is 2.82. The molecule has 0 aromatic heterocycles. The summed E-state index contributed by atoms with van der Waals surface area (Å²) in [6.07, 6.45) is 0. The molecule has 15 heavy (non-hydrogen) atoms. The molecule has 0 atom stereocenters. The molecule has 0 fully saturated rings. The molecule has 1 heterocycles. The normalized spacial score (nSPS) is 15.1. The monoisotopic (exact) mass is 244 g/mol. The predicted octanol–water partition coefficient (Wildman–Crippen LogP) is 2.97. The van der Waals surface area contributed by atoms with E-state index in [2.05, 4.69) is 0 Å². The van der Waals surface area contributed by atoms with Gasteiger partial charge >= 0.3 is 5.97 Å². The molecule has 78 valence electrons. The topological polar surface area (TPSA) is 37.3 Å². The van der Waals surface area contributed by atoms with E-state index in [-0.39, 0.29) is 10.6 Å². The molecule has 1 aliphatic rings. The predicted molar refractivity (Wildman–Crippen MR) is 57.5 cm³/mol. The Morgan fingerprint density at radius 3 is 2.93 bits per heavy atom. The van der Waals surface area contributed by atoms with Crippen LogP contribution in [0, 0.1) is 5.82 Å². The minimum Gasteiger partial charge on any atom is -0.478 e. The Labute approximate surface area is 94.7 Å². The standard InChI is InChI=1S/C10H6ClFO2S/c11-9-6-3-5(12)1-2-8(6)15-4-7(9)10(13)14/h1-3H,4H2,(H,13,14). The number of carboxylic acid groups (broad SMARTS) is 1. The highest BCUT2D eigenvalue weighted by atomic mass is 35.5. The second-order valence-corrected chi connectivity index (χ2v) is 4.42. The van der Waals surface area contributed by atoms with Gasteiger partial charge in [-0.1, -0.05) is 11.6 Å². The van der Waals surface area contributed by atoms with Crippen LogP contribution in [0.25, 0.3) is 5.03 Å². The molecule has 1 aliphatic heterocycles. The lowest BCUT2D eigenvalue weighted by molar-refractivity contribution is -0.132. The second kappa shape index (κ2) is 3.87. The fraction of sp³-hybridized carbons (Fsp3) is 0.100. The van der Waals surface area contributed by atoms with Gasteiger partial charge in [0.1, 0.15) is 5.82 Å². The lowest BCUT2D eigenvalue weighted by atomic mass is 10.1. The van der Waals surface area contributed by atoms with Gasteiger partial charge in [0.05, 0.1) is 10.6 Å². The van der Waals surface area contributed by atoms with Crippen LogP contribution in [-0.4, -0.2) is 16.8 Å². The smallest absolute Gasteiger partial charge is 0.333 e. The third kappa shape index (κ3) is 1.87. The van der Waals surface area contributed by atoms with Crippen LogP contribution in [0.15, 0.2) is 28.7 Å². The van der Waals surface area contributed by atoms with Crippen molar-refractivity contribution in [3.05, 3.63) is 35.2 Å². The summed E-state index contributed by atoms with van der Waals surface area (Å²) >= 11 is 7.25. The van der Waals surface area contributed by atoms with Gasteiger partial charge in [0, 0.05) is 16.2 Å². The minimum atomic E-state index is -1.05. The highest BCUT2D eigenvalue weighted by molar-refractivity contribution is 7.99. The number of benzene rings is 1. The average Bonchev–Trinajstić information content (AvgIpc) is 2.19. The summed E-state index contributed by atoms with van der Waals surface area (Å²) in [5, 5.41) is 8.99. The minimum absolute atomic E-state index is 0.125. The highest BCUT2D eigenvalue weighted by Crippen LogP contribution is 2.39. The third-order valence-electron chi connectivity index (χ3n) is 2.07. The van der Waals surface area contributed by atoms with Crippen molar-refractivity contribution in [2.75, 3.05) is 5.75 Å². The first-order valence-corrected chi connectivity index (χ1v) is 5.50. The van der Waals surface area contributed by atoms with Crippen LogP contribution in [0.3, 0.4) is 0 Å². The van der Waals surface area contributed by atoms with Crippen molar-refractivity contribution < 1.29 is 14.3 Å². The molecule has 0 unspecified atom stereocenters. The number of thioether (sulfide) groups is 1. The maximum atomic E-state index is 13.0. The van der Waals surface area contributed by atoms with Gasteiger partial charge < -0.3 is 5.11 Å². The fourth-order valence-electron chi connectivity index (χ4n) is 1.33. The molecule has 1 aromatic carbocycles. The zero-order valence-electron chi connectivity index (χ0n) is 7.46. The number of carbonyl (C=O) groups is 1. The van der Waals surface area contributed by atoms with E-state index in [1.807, 2.05) is 0 Å². The summed E-state index contributed by atoms with van der Waals surface area (Å²) < 4.78 is 13.0. The lowest BCUT2D eigenvalue weighted by Crippen LogP contribution is -2.09. The van der Waals surface area contributed by atoms with Crippen molar-refractivity contribution in [2.45, 2.75) is 4.90 Å². The molecule has 0 saturated carbocycles. The molecule has 0 bridgehead atoms. The number of rotatable bonds is 1. The van der Waals surface area contributed by atoms with Crippen LogP contribution in [0.4, 0.5) is 4.39 Å². The van der Waals surface area contributed by atoms with Crippen LogP contribution in [0.2, 0.25) is 0 Å². The maximum Gasteiger partial charge on any atom is 0.333 e. The van der Waals surface area contributed by atoms with Gasteiger partial charge in [-0.25, -0.2) is 9.18 Å². The Kier molecular flexibility index (Phi) is 2.71. The van der Waals surface area contributed by atoms with Crippen LogP contribution in [-0.2, 0) is 4.79 Å². The molecule has 0 saturated heterocycles. The van der Waals surface area contributed by atoms with Crippen LogP contribution in [0.5, 0.6) is 0 Å². The molecular formula is C10H6ClFO2S. The summed E-state index contributed by atoms with van der Waals surface area (Å²) in [6.45, 7) is 0. The number of hydrogen-bond acceptors (Lipinski definition) is 2. The molecule has 0 spiro atoms. The zero-order valence-corrected chi connectivity index (χ0v) is 9.03. The molecular weight excluding hydrogens is 239 g/mol. The molecule has 2 nitrogen and oxygen atoms in total. The molecule has 1 N–H and O–H groups in total. The van der Waals surface area contributed by atoms with Gasteiger partial charge in [0.15, 0.2) is 0 Å². The quantitative estimate of drug-likeness (QED) is 0.825. The number of carboxylic acids is 1. The summed E-state index contributed by atoms with van der Waals surface area (Å²) in [6, 6.07) is 4.20. The van der Waals surface area contributed by atoms with Crippen LogP contribution in [0.1, 0.15) is 5.56 Å². The number of aliphatic carboxylic acids is 1. The summed E-state index contributed by atoms with van der Waals surface area (Å²) in [5.41, 5.74) is 0.588. The van der Waals surface area contributed by atoms with E-state index in [4.69, 9.17) is 16.7 Å². The Hall–Kier alpha value is -1.000. The third-order valence-corrected chi connectivity index (χ3v) is 3.60. The van der Waals surface area contributed by atoms with Crippen molar-refractivity contribution in [1.82, 2.24) is 0 Å². The summed E-state index contributed by atoms with van der Waals surface area (Å²) in [4.78, 5) is 11.6. The Morgan fingerprint density at radius 2 is 2.27 bits per heavy atom. The number of fused-ring (bicyclic) bond motifs is 1. The van der Waals surface area contributed by atoms with Crippen molar-refractivity contribution in [3.63, 3.8) is 0 Å². The van der Waals surface area contributed by atoms with Crippen molar-refractivity contribution in [3.8, 4) is 0 Å². The second-order valence-electron chi connectivity index (χ2n) is 3.03. The van der Waals surface area contributed by atoms with E-state index in [0.717, 1.165) is 4.90 Å². The van der Waals surface area contributed by atoms with Crippen LogP contribution >= 0.6 is 23.4 Å². The molecule has 1 aromatic rings. The first kappa shape index (κ1) is 10.5. The van der Waals surface area contributed by atoms with E-state index >= 15 is 0 Å². The van der Waals surface area contributed by atoms with Gasteiger partial charge in [-0.3, -0.25) is 0 Å². The van der Waals surface area contributed by atoms with Crippen LogP contribution < -0.4 is 0 Å². The summed E-state index contributed by atoms with van der Waals surface area (Å²) in [7, 11) is 0. The number of hydrogen-bond donors (Lipinski definition) is 1. The van der Waals surface area contributed by atoms with E-state index < -0.39 is 11.8 Å². The van der Waals surface area contributed by atoms with Crippen molar-refractivity contribution in [1.29, 1.82) is 0 Å².